The average molecular weight is 380 g/mol. The molecule has 3 N–H and O–H groups in total. The van der Waals surface area contributed by atoms with Crippen molar-refractivity contribution in [2.75, 3.05) is 13.7 Å². The Bertz CT molecular complexity index is 980. The summed E-state index contributed by atoms with van der Waals surface area (Å²) in [5.41, 5.74) is 2.76. The summed E-state index contributed by atoms with van der Waals surface area (Å²) in [4.78, 5) is 16.9. The predicted octanol–water partition coefficient (Wildman–Crippen LogP) is 2.88. The molecule has 2 aromatic heterocycles. The van der Waals surface area contributed by atoms with Crippen molar-refractivity contribution in [3.05, 3.63) is 53.5 Å². The number of nitrogens with zero attached hydrogens (tertiary/aromatic N) is 2. The van der Waals surface area contributed by atoms with Gasteiger partial charge in [0.25, 0.3) is 5.91 Å². The second-order valence-electron chi connectivity index (χ2n) is 6.80. The second kappa shape index (κ2) is 8.67. The van der Waals surface area contributed by atoms with E-state index in [1.165, 1.54) is 7.11 Å². The quantitative estimate of drug-likeness (QED) is 0.585. The van der Waals surface area contributed by atoms with E-state index in [1.54, 1.807) is 24.5 Å². The van der Waals surface area contributed by atoms with Gasteiger partial charge in [-0.2, -0.15) is 5.10 Å². The number of nitrogens with one attached hydrogen (secondary N) is 2. The molecule has 0 saturated heterocycles. The first-order valence-corrected chi connectivity index (χ1v) is 9.10. The number of hydrogen-bond acceptors (Lipinski definition) is 5. The lowest BCUT2D eigenvalue weighted by atomic mass is 10.0. The van der Waals surface area contributed by atoms with Crippen molar-refractivity contribution in [3.8, 4) is 5.75 Å². The van der Waals surface area contributed by atoms with Crippen molar-refractivity contribution >= 4 is 29.0 Å². The monoisotopic (exact) mass is 380 g/mol. The third-order valence-corrected chi connectivity index (χ3v) is 4.60. The zero-order valence-electron chi connectivity index (χ0n) is 16.1. The number of hydrogen-bond donors (Lipinski definition) is 3. The predicted molar refractivity (Wildman–Crippen MR) is 109 cm³/mol. The highest BCUT2D eigenvalue weighted by atomic mass is 16.5. The molecule has 28 heavy (non-hydrogen) atoms. The smallest absolute Gasteiger partial charge is 0.255 e. The Hall–Kier alpha value is -3.19. The number of aromatic amines is 1. The molecule has 3 aromatic rings. The standard InChI is InChI=1S/C21H24N4O3/c1-13(2)18(12-26)23-21(27)15-7-9-17-19(20(15)28-3)16(24-25-17)8-6-14-5-4-10-22-11-14/h4-11,13,18,26H,12H2,1-3H3,(H,23,27)(H,24,25)/b8-6+/t18-/m1/s1. The third kappa shape index (κ3) is 4.04. The molecule has 0 bridgehead atoms. The average Bonchev–Trinajstić information content (AvgIpc) is 3.13. The van der Waals surface area contributed by atoms with Crippen LogP contribution in [0.15, 0.2) is 36.7 Å². The largest absolute Gasteiger partial charge is 0.495 e. The molecular formula is C21H24N4O3. The van der Waals surface area contributed by atoms with E-state index in [-0.39, 0.29) is 24.5 Å². The van der Waals surface area contributed by atoms with E-state index in [9.17, 15) is 9.90 Å². The Morgan fingerprint density at radius 3 is 2.79 bits per heavy atom. The minimum Gasteiger partial charge on any atom is -0.495 e. The molecule has 1 aromatic carbocycles. The van der Waals surface area contributed by atoms with Crippen molar-refractivity contribution in [2.45, 2.75) is 19.9 Å². The fourth-order valence-electron chi connectivity index (χ4n) is 2.94. The van der Waals surface area contributed by atoms with Crippen LogP contribution in [-0.2, 0) is 0 Å². The number of H-pyrrole nitrogens is 1. The fraction of sp³-hybridized carbons (Fsp3) is 0.286. The normalized spacial score (nSPS) is 12.6. The summed E-state index contributed by atoms with van der Waals surface area (Å²) >= 11 is 0. The topological polar surface area (TPSA) is 100 Å². The van der Waals surface area contributed by atoms with Gasteiger partial charge in [-0.05, 0) is 35.8 Å². The van der Waals surface area contributed by atoms with Gasteiger partial charge in [0, 0.05) is 12.4 Å². The number of carbonyl (C=O) groups excluding carboxylic acids is 1. The zero-order valence-corrected chi connectivity index (χ0v) is 16.1. The van der Waals surface area contributed by atoms with E-state index in [0.717, 1.165) is 16.5 Å². The third-order valence-electron chi connectivity index (χ3n) is 4.60. The van der Waals surface area contributed by atoms with E-state index >= 15 is 0 Å². The maximum absolute atomic E-state index is 12.8. The minimum atomic E-state index is -0.331. The zero-order chi connectivity index (χ0) is 20.1. The summed E-state index contributed by atoms with van der Waals surface area (Å²) in [7, 11) is 1.53. The van der Waals surface area contributed by atoms with Gasteiger partial charge < -0.3 is 15.2 Å². The first-order valence-electron chi connectivity index (χ1n) is 9.10. The number of amides is 1. The Labute approximate surface area is 163 Å². The summed E-state index contributed by atoms with van der Waals surface area (Å²) < 4.78 is 5.58. The number of fused-ring (bicyclic) bond motifs is 1. The number of carbonyl (C=O) groups is 1. The maximum Gasteiger partial charge on any atom is 0.255 e. The van der Waals surface area contributed by atoms with Crippen LogP contribution in [-0.4, -0.2) is 46.0 Å². The molecule has 1 amide bonds. The van der Waals surface area contributed by atoms with Crippen LogP contribution < -0.4 is 10.1 Å². The highest BCUT2D eigenvalue weighted by molar-refractivity contribution is 6.05. The van der Waals surface area contributed by atoms with Crippen LogP contribution in [0.3, 0.4) is 0 Å². The number of benzene rings is 1. The van der Waals surface area contributed by atoms with E-state index < -0.39 is 0 Å². The Morgan fingerprint density at radius 1 is 1.32 bits per heavy atom. The van der Waals surface area contributed by atoms with Crippen molar-refractivity contribution < 1.29 is 14.6 Å². The molecule has 0 saturated carbocycles. The summed E-state index contributed by atoms with van der Waals surface area (Å²) in [6.07, 6.45) is 7.22. The molecule has 0 aliphatic carbocycles. The lowest BCUT2D eigenvalue weighted by Gasteiger charge is -2.20. The lowest BCUT2D eigenvalue weighted by molar-refractivity contribution is 0.0894. The Morgan fingerprint density at radius 2 is 2.14 bits per heavy atom. The number of aliphatic hydroxyl groups excluding tert-OH is 1. The number of methoxy groups -OCH3 is 1. The van der Waals surface area contributed by atoms with Crippen LogP contribution in [0.5, 0.6) is 5.75 Å². The summed E-state index contributed by atoms with van der Waals surface area (Å²) in [6.45, 7) is 3.76. The van der Waals surface area contributed by atoms with E-state index in [2.05, 4.69) is 20.5 Å². The SMILES string of the molecule is COc1c(C(=O)N[C@H](CO)C(C)C)ccc2[nH]nc(/C=C/c3cccnc3)c12. The molecule has 1 atom stereocenters. The van der Waals surface area contributed by atoms with Gasteiger partial charge in [-0.15, -0.1) is 0 Å². The molecule has 7 nitrogen and oxygen atoms in total. The highest BCUT2D eigenvalue weighted by Gasteiger charge is 2.22. The van der Waals surface area contributed by atoms with Crippen LogP contribution in [0.2, 0.25) is 0 Å². The van der Waals surface area contributed by atoms with Gasteiger partial charge >= 0.3 is 0 Å². The molecule has 0 radical (unpaired) electrons. The summed E-state index contributed by atoms with van der Waals surface area (Å²) in [5, 5.41) is 20.4. The summed E-state index contributed by atoms with van der Waals surface area (Å²) in [6, 6.07) is 6.96. The molecule has 2 heterocycles. The number of ether oxygens (including phenoxy) is 1. The maximum atomic E-state index is 12.8. The second-order valence-corrected chi connectivity index (χ2v) is 6.80. The number of rotatable bonds is 7. The van der Waals surface area contributed by atoms with E-state index in [1.807, 2.05) is 38.1 Å². The molecule has 0 spiro atoms. The van der Waals surface area contributed by atoms with Crippen LogP contribution in [0.25, 0.3) is 23.1 Å². The van der Waals surface area contributed by atoms with Gasteiger partial charge in [0.2, 0.25) is 0 Å². The fourth-order valence-corrected chi connectivity index (χ4v) is 2.94. The molecule has 7 heteroatoms. The van der Waals surface area contributed by atoms with E-state index in [0.29, 0.717) is 17.0 Å². The van der Waals surface area contributed by atoms with Crippen LogP contribution in [0.4, 0.5) is 0 Å². The van der Waals surface area contributed by atoms with E-state index in [4.69, 9.17) is 4.74 Å². The van der Waals surface area contributed by atoms with Gasteiger partial charge in [-0.25, -0.2) is 0 Å². The first kappa shape index (κ1) is 19.6. The lowest BCUT2D eigenvalue weighted by Crippen LogP contribution is -2.41. The number of pyridine rings is 1. The number of aliphatic hydroxyl groups is 1. The van der Waals surface area contributed by atoms with Crippen molar-refractivity contribution in [3.63, 3.8) is 0 Å². The first-order chi connectivity index (χ1) is 13.5. The van der Waals surface area contributed by atoms with Gasteiger partial charge in [0.05, 0.1) is 41.9 Å². The van der Waals surface area contributed by atoms with Gasteiger partial charge in [-0.1, -0.05) is 26.0 Å². The molecule has 146 valence electrons. The number of aromatic nitrogens is 3. The van der Waals surface area contributed by atoms with Gasteiger partial charge in [-0.3, -0.25) is 14.9 Å². The molecule has 0 fully saturated rings. The Kier molecular flexibility index (Phi) is 6.06. The van der Waals surface area contributed by atoms with Crippen molar-refractivity contribution in [1.82, 2.24) is 20.5 Å². The molecule has 0 aliphatic heterocycles. The van der Waals surface area contributed by atoms with Crippen molar-refractivity contribution in [2.24, 2.45) is 5.92 Å². The minimum absolute atomic E-state index is 0.107. The molecule has 3 rings (SSSR count). The van der Waals surface area contributed by atoms with Gasteiger partial charge in [0.1, 0.15) is 5.75 Å². The van der Waals surface area contributed by atoms with Crippen molar-refractivity contribution in [1.29, 1.82) is 0 Å². The van der Waals surface area contributed by atoms with Crippen LogP contribution in [0.1, 0.15) is 35.5 Å². The summed E-state index contributed by atoms with van der Waals surface area (Å²) in [5.74, 6) is 0.250. The molecule has 0 aliphatic rings. The van der Waals surface area contributed by atoms with Crippen LogP contribution in [0, 0.1) is 5.92 Å². The molecule has 0 unspecified atom stereocenters. The van der Waals surface area contributed by atoms with Gasteiger partial charge in [0.15, 0.2) is 0 Å². The molecular weight excluding hydrogens is 356 g/mol. The van der Waals surface area contributed by atoms with Crippen LogP contribution >= 0.6 is 0 Å². The highest BCUT2D eigenvalue weighted by Crippen LogP contribution is 2.32. The Balaban J connectivity index is 1.99.